The van der Waals surface area contributed by atoms with E-state index in [2.05, 4.69) is 10.2 Å². The van der Waals surface area contributed by atoms with Gasteiger partial charge in [-0.1, -0.05) is 0 Å². The summed E-state index contributed by atoms with van der Waals surface area (Å²) in [6, 6.07) is 0.299. The van der Waals surface area contributed by atoms with Crippen molar-refractivity contribution in [3.05, 3.63) is 0 Å². The fourth-order valence-corrected chi connectivity index (χ4v) is 2.04. The second kappa shape index (κ2) is 6.48. The Morgan fingerprint density at radius 2 is 2.00 bits per heavy atom. The quantitative estimate of drug-likeness (QED) is 0.717. The molecule has 1 aliphatic rings. The largest absolute Gasteiger partial charge is 0.481 e. The smallest absolute Gasteiger partial charge is 0.303 e. The van der Waals surface area contributed by atoms with Gasteiger partial charge in [-0.05, 0) is 25.8 Å². The lowest BCUT2D eigenvalue weighted by atomic mass is 10.0. The molecule has 2 N–H and O–H groups in total. The highest BCUT2D eigenvalue weighted by molar-refractivity contribution is 5.73. The van der Waals surface area contributed by atoms with Gasteiger partial charge in [0.1, 0.15) is 0 Å². The van der Waals surface area contributed by atoms with Gasteiger partial charge in [-0.15, -0.1) is 0 Å². The molecule has 0 aromatic rings. The lowest BCUT2D eigenvalue weighted by Crippen LogP contribution is -2.44. The maximum atomic E-state index is 10.9. The summed E-state index contributed by atoms with van der Waals surface area (Å²) < 4.78 is 0. The molecule has 0 radical (unpaired) electrons. The van der Waals surface area contributed by atoms with E-state index in [0.29, 0.717) is 12.5 Å². The summed E-state index contributed by atoms with van der Waals surface area (Å²) in [5, 5.41) is 11.4. The molecule has 0 unspecified atom stereocenters. The maximum absolute atomic E-state index is 10.9. The standard InChI is InChI=1S/C11H20N2O3/c1-9(14)12-10-4-7-13(8-5-10)6-2-3-11(15)16/h10H,2-8H2,1H3,(H,12,14)(H,15,16). The topological polar surface area (TPSA) is 69.6 Å². The van der Waals surface area contributed by atoms with Crippen molar-refractivity contribution in [1.29, 1.82) is 0 Å². The molecule has 1 saturated heterocycles. The van der Waals surface area contributed by atoms with E-state index in [9.17, 15) is 9.59 Å². The molecule has 1 heterocycles. The van der Waals surface area contributed by atoms with Crippen molar-refractivity contribution in [2.75, 3.05) is 19.6 Å². The predicted molar refractivity (Wildman–Crippen MR) is 60.1 cm³/mol. The molecule has 1 rings (SSSR count). The van der Waals surface area contributed by atoms with Crippen molar-refractivity contribution >= 4 is 11.9 Å². The third-order valence-corrected chi connectivity index (χ3v) is 2.86. The van der Waals surface area contributed by atoms with Crippen molar-refractivity contribution < 1.29 is 14.7 Å². The van der Waals surface area contributed by atoms with Crippen LogP contribution in [0.1, 0.15) is 32.6 Å². The molecule has 1 fully saturated rings. The summed E-state index contributed by atoms with van der Waals surface area (Å²) in [7, 11) is 0. The van der Waals surface area contributed by atoms with E-state index in [1.807, 2.05) is 0 Å². The Kier molecular flexibility index (Phi) is 5.25. The highest BCUT2D eigenvalue weighted by Gasteiger charge is 2.19. The minimum Gasteiger partial charge on any atom is -0.481 e. The average Bonchev–Trinajstić information content (AvgIpc) is 2.19. The number of hydrogen-bond donors (Lipinski definition) is 2. The van der Waals surface area contributed by atoms with Crippen molar-refractivity contribution in [3.8, 4) is 0 Å². The number of amides is 1. The van der Waals surface area contributed by atoms with E-state index in [-0.39, 0.29) is 12.3 Å². The molecular formula is C11H20N2O3. The molecule has 0 bridgehead atoms. The van der Waals surface area contributed by atoms with Crippen LogP contribution in [-0.2, 0) is 9.59 Å². The molecule has 92 valence electrons. The van der Waals surface area contributed by atoms with Crippen LogP contribution in [0.4, 0.5) is 0 Å². The molecule has 0 aromatic carbocycles. The highest BCUT2D eigenvalue weighted by atomic mass is 16.4. The van der Waals surface area contributed by atoms with Crippen LogP contribution in [0.3, 0.4) is 0 Å². The fourth-order valence-electron chi connectivity index (χ4n) is 2.04. The Morgan fingerprint density at radius 1 is 1.38 bits per heavy atom. The summed E-state index contributed by atoms with van der Waals surface area (Å²) >= 11 is 0. The second-order valence-electron chi connectivity index (χ2n) is 4.31. The van der Waals surface area contributed by atoms with Crippen LogP contribution in [0.25, 0.3) is 0 Å². The van der Waals surface area contributed by atoms with Gasteiger partial charge < -0.3 is 15.3 Å². The highest BCUT2D eigenvalue weighted by Crippen LogP contribution is 2.10. The third kappa shape index (κ3) is 5.11. The first-order valence-corrected chi connectivity index (χ1v) is 5.79. The molecular weight excluding hydrogens is 208 g/mol. The van der Waals surface area contributed by atoms with Gasteiger partial charge in [-0.25, -0.2) is 0 Å². The lowest BCUT2D eigenvalue weighted by Gasteiger charge is -2.31. The van der Waals surface area contributed by atoms with Gasteiger partial charge in [0, 0.05) is 32.5 Å². The number of carbonyl (C=O) groups excluding carboxylic acids is 1. The molecule has 1 amide bonds. The minimum absolute atomic E-state index is 0.0318. The number of carbonyl (C=O) groups is 2. The van der Waals surface area contributed by atoms with Gasteiger partial charge in [0.15, 0.2) is 0 Å². The van der Waals surface area contributed by atoms with Gasteiger partial charge >= 0.3 is 5.97 Å². The van der Waals surface area contributed by atoms with Gasteiger partial charge in [0.2, 0.25) is 5.91 Å². The minimum atomic E-state index is -0.729. The number of rotatable bonds is 5. The first kappa shape index (κ1) is 13.0. The van der Waals surface area contributed by atoms with Gasteiger partial charge in [0.05, 0.1) is 0 Å². The molecule has 5 nitrogen and oxygen atoms in total. The number of carboxylic acids is 1. The Hall–Kier alpha value is -1.10. The Morgan fingerprint density at radius 3 is 2.50 bits per heavy atom. The summed E-state index contributed by atoms with van der Waals surface area (Å²) in [4.78, 5) is 23.5. The normalized spacial score (nSPS) is 18.3. The number of hydrogen-bond acceptors (Lipinski definition) is 3. The Balaban J connectivity index is 2.12. The van der Waals surface area contributed by atoms with Crippen molar-refractivity contribution in [3.63, 3.8) is 0 Å². The number of carboxylic acid groups (broad SMARTS) is 1. The first-order chi connectivity index (χ1) is 7.58. The molecule has 1 aliphatic heterocycles. The van der Waals surface area contributed by atoms with Gasteiger partial charge in [-0.2, -0.15) is 0 Å². The van der Waals surface area contributed by atoms with Crippen LogP contribution in [0, 0.1) is 0 Å². The van der Waals surface area contributed by atoms with Crippen LogP contribution >= 0.6 is 0 Å². The summed E-state index contributed by atoms with van der Waals surface area (Å²) in [5.74, 6) is -0.697. The third-order valence-electron chi connectivity index (χ3n) is 2.86. The molecule has 0 aliphatic carbocycles. The fraction of sp³-hybridized carbons (Fsp3) is 0.818. The zero-order valence-corrected chi connectivity index (χ0v) is 9.74. The van der Waals surface area contributed by atoms with E-state index in [4.69, 9.17) is 5.11 Å². The number of nitrogens with zero attached hydrogens (tertiary/aromatic N) is 1. The molecule has 0 saturated carbocycles. The van der Waals surface area contributed by atoms with Crippen LogP contribution < -0.4 is 5.32 Å². The van der Waals surface area contributed by atoms with Gasteiger partial charge in [-0.3, -0.25) is 9.59 Å². The Labute approximate surface area is 95.8 Å². The lowest BCUT2D eigenvalue weighted by molar-refractivity contribution is -0.137. The zero-order valence-electron chi connectivity index (χ0n) is 9.74. The van der Waals surface area contributed by atoms with Crippen LogP contribution in [0.15, 0.2) is 0 Å². The van der Waals surface area contributed by atoms with Crippen LogP contribution in [0.5, 0.6) is 0 Å². The van der Waals surface area contributed by atoms with E-state index < -0.39 is 5.97 Å². The number of likely N-dealkylation sites (tertiary alicyclic amines) is 1. The number of aliphatic carboxylic acids is 1. The molecule has 16 heavy (non-hydrogen) atoms. The van der Waals surface area contributed by atoms with E-state index in [0.717, 1.165) is 32.5 Å². The van der Waals surface area contributed by atoms with E-state index in [1.165, 1.54) is 0 Å². The van der Waals surface area contributed by atoms with Crippen LogP contribution in [-0.4, -0.2) is 47.6 Å². The zero-order chi connectivity index (χ0) is 12.0. The number of nitrogens with one attached hydrogen (secondary N) is 1. The molecule has 5 heteroatoms. The SMILES string of the molecule is CC(=O)NC1CCN(CCCC(=O)O)CC1. The van der Waals surface area contributed by atoms with Crippen molar-refractivity contribution in [1.82, 2.24) is 10.2 Å². The summed E-state index contributed by atoms with van der Waals surface area (Å²) in [6.07, 6.45) is 2.88. The monoisotopic (exact) mass is 228 g/mol. The maximum Gasteiger partial charge on any atom is 0.303 e. The summed E-state index contributed by atoms with van der Waals surface area (Å²) in [5.41, 5.74) is 0. The molecule has 0 atom stereocenters. The predicted octanol–water partition coefficient (Wildman–Crippen LogP) is 0.452. The second-order valence-corrected chi connectivity index (χ2v) is 4.31. The van der Waals surface area contributed by atoms with Gasteiger partial charge in [0.25, 0.3) is 0 Å². The van der Waals surface area contributed by atoms with Crippen molar-refractivity contribution in [2.24, 2.45) is 0 Å². The first-order valence-electron chi connectivity index (χ1n) is 5.79. The van der Waals surface area contributed by atoms with E-state index >= 15 is 0 Å². The molecule has 0 spiro atoms. The van der Waals surface area contributed by atoms with Crippen molar-refractivity contribution in [2.45, 2.75) is 38.6 Å². The average molecular weight is 228 g/mol. The van der Waals surface area contributed by atoms with E-state index in [1.54, 1.807) is 6.92 Å². The summed E-state index contributed by atoms with van der Waals surface area (Å²) in [6.45, 7) is 4.29. The Bertz CT molecular complexity index is 248. The van der Waals surface area contributed by atoms with Crippen LogP contribution in [0.2, 0.25) is 0 Å². The number of piperidine rings is 1. The molecule has 0 aromatic heterocycles.